The molecule has 0 aromatic heterocycles. The maximum absolute atomic E-state index is 12.2. The zero-order valence-corrected chi connectivity index (χ0v) is 12.4. The molecule has 1 aromatic carbocycles. The maximum Gasteiger partial charge on any atom is 0.430 e. The summed E-state index contributed by atoms with van der Waals surface area (Å²) in [6, 6.07) is 5.00. The molecule has 114 valence electrons. The van der Waals surface area contributed by atoms with Crippen molar-refractivity contribution in [3.8, 4) is 0 Å². The molecule has 1 rings (SSSR count). The van der Waals surface area contributed by atoms with Crippen LogP contribution in [0.15, 0.2) is 34.9 Å². The summed E-state index contributed by atoms with van der Waals surface area (Å²) in [4.78, 5) is 15.0. The second-order valence-electron chi connectivity index (χ2n) is 4.13. The molecule has 0 aliphatic rings. The molecule has 7 heteroatoms. The summed E-state index contributed by atoms with van der Waals surface area (Å²) in [5.41, 5.74) is 4.87. The molecule has 0 fully saturated rings. The molecule has 0 heterocycles. The lowest BCUT2D eigenvalue weighted by atomic mass is 10.1. The number of Topliss-reactive ketones (excluding diaryl/α,β-unsaturated/α-hetero) is 1. The SMILES string of the molecule is CCSc1cc([NH+]=CC=C(N)C(F)(F)F)ccc1C(C)=O. The Morgan fingerprint density at radius 3 is 2.62 bits per heavy atom. The Kier molecular flexibility index (Phi) is 6.02. The van der Waals surface area contributed by atoms with Crippen molar-refractivity contribution >= 4 is 29.4 Å². The number of rotatable bonds is 5. The van der Waals surface area contributed by atoms with Gasteiger partial charge >= 0.3 is 6.18 Å². The van der Waals surface area contributed by atoms with Crippen LogP contribution in [0.25, 0.3) is 0 Å². The van der Waals surface area contributed by atoms with Crippen LogP contribution in [-0.2, 0) is 0 Å². The van der Waals surface area contributed by atoms with Crippen LogP contribution in [0.1, 0.15) is 24.2 Å². The lowest BCUT2D eigenvalue weighted by molar-refractivity contribution is -0.346. The van der Waals surface area contributed by atoms with Gasteiger partial charge in [-0.05, 0) is 18.7 Å². The van der Waals surface area contributed by atoms with E-state index in [-0.39, 0.29) is 5.78 Å². The highest BCUT2D eigenvalue weighted by Gasteiger charge is 2.31. The molecule has 0 saturated carbocycles. The highest BCUT2D eigenvalue weighted by atomic mass is 32.2. The third-order valence-corrected chi connectivity index (χ3v) is 3.44. The van der Waals surface area contributed by atoms with Crippen molar-refractivity contribution in [3.63, 3.8) is 0 Å². The van der Waals surface area contributed by atoms with Gasteiger partial charge in [-0.25, -0.2) is 4.99 Å². The molecule has 0 atom stereocenters. The van der Waals surface area contributed by atoms with Crippen molar-refractivity contribution < 1.29 is 23.0 Å². The van der Waals surface area contributed by atoms with Gasteiger partial charge in [-0.3, -0.25) is 4.79 Å². The van der Waals surface area contributed by atoms with Crippen LogP contribution in [0, 0.1) is 0 Å². The van der Waals surface area contributed by atoms with Crippen molar-refractivity contribution in [2.45, 2.75) is 24.9 Å². The predicted octanol–water partition coefficient (Wildman–Crippen LogP) is 2.19. The number of carbonyl (C=O) groups excluding carboxylic acids is 1. The summed E-state index contributed by atoms with van der Waals surface area (Å²) in [5.74, 6) is 0.733. The van der Waals surface area contributed by atoms with Gasteiger partial charge in [-0.1, -0.05) is 6.92 Å². The van der Waals surface area contributed by atoms with E-state index in [2.05, 4.69) is 4.99 Å². The fourth-order valence-corrected chi connectivity index (χ4v) is 2.39. The first kappa shape index (κ1) is 17.3. The molecule has 0 saturated heterocycles. The van der Waals surface area contributed by atoms with Crippen LogP contribution in [0.2, 0.25) is 0 Å². The monoisotopic (exact) mass is 317 g/mol. The van der Waals surface area contributed by atoms with Crippen molar-refractivity contribution in [1.82, 2.24) is 0 Å². The van der Waals surface area contributed by atoms with Crippen LogP contribution in [0.4, 0.5) is 18.9 Å². The van der Waals surface area contributed by atoms with E-state index < -0.39 is 11.9 Å². The van der Waals surface area contributed by atoms with Gasteiger partial charge in [0.2, 0.25) is 5.69 Å². The minimum atomic E-state index is -4.54. The molecule has 0 radical (unpaired) electrons. The molecule has 0 amide bonds. The van der Waals surface area contributed by atoms with E-state index in [4.69, 9.17) is 5.73 Å². The minimum Gasteiger partial charge on any atom is -0.395 e. The summed E-state index contributed by atoms with van der Waals surface area (Å²) in [6.07, 6.45) is -2.67. The lowest BCUT2D eigenvalue weighted by Crippen LogP contribution is -2.61. The maximum atomic E-state index is 12.2. The lowest BCUT2D eigenvalue weighted by Gasteiger charge is -2.04. The largest absolute Gasteiger partial charge is 0.430 e. The summed E-state index contributed by atoms with van der Waals surface area (Å²) in [6.45, 7) is 3.43. The van der Waals surface area contributed by atoms with Crippen LogP contribution in [0.3, 0.4) is 0 Å². The number of thioether (sulfide) groups is 1. The number of nitrogens with two attached hydrogens (primary N) is 1. The first-order valence-electron chi connectivity index (χ1n) is 6.16. The summed E-state index contributed by atoms with van der Waals surface area (Å²) in [5, 5.41) is 0. The number of ketones is 1. The second-order valence-corrected chi connectivity index (χ2v) is 5.44. The molecule has 0 bridgehead atoms. The summed E-state index contributed by atoms with van der Waals surface area (Å²) in [7, 11) is 0. The Morgan fingerprint density at radius 2 is 2.10 bits per heavy atom. The molecular weight excluding hydrogens is 301 g/mol. The normalized spacial score (nSPS) is 12.9. The van der Waals surface area contributed by atoms with Crippen molar-refractivity contribution in [1.29, 1.82) is 0 Å². The topological polar surface area (TPSA) is 57.1 Å². The molecule has 0 aliphatic carbocycles. The van der Waals surface area contributed by atoms with E-state index >= 15 is 0 Å². The highest BCUT2D eigenvalue weighted by molar-refractivity contribution is 7.99. The molecule has 1 aromatic rings. The van der Waals surface area contributed by atoms with Gasteiger partial charge in [0.05, 0.1) is 0 Å². The Bertz CT molecular complexity index is 580. The minimum absolute atomic E-state index is 0.0531. The van der Waals surface area contributed by atoms with Gasteiger partial charge in [0.15, 0.2) is 12.0 Å². The fourth-order valence-electron chi connectivity index (χ4n) is 1.50. The van der Waals surface area contributed by atoms with Gasteiger partial charge in [0, 0.05) is 28.7 Å². The first-order chi connectivity index (χ1) is 9.75. The Morgan fingerprint density at radius 1 is 1.43 bits per heavy atom. The van der Waals surface area contributed by atoms with Crippen LogP contribution in [-0.4, -0.2) is 23.9 Å². The number of nitrogens with one attached hydrogen (secondary N) is 1. The molecule has 0 aliphatic heterocycles. The van der Waals surface area contributed by atoms with Crippen LogP contribution >= 0.6 is 11.8 Å². The highest BCUT2D eigenvalue weighted by Crippen LogP contribution is 2.25. The fraction of sp³-hybridized carbons (Fsp3) is 0.286. The smallest absolute Gasteiger partial charge is 0.395 e. The Hall–Kier alpha value is -1.76. The first-order valence-corrected chi connectivity index (χ1v) is 7.14. The average molecular weight is 317 g/mol. The van der Waals surface area contributed by atoms with Crippen molar-refractivity contribution in [2.75, 3.05) is 5.75 Å². The third kappa shape index (κ3) is 5.26. The number of allylic oxidation sites excluding steroid dienone is 2. The number of hydrogen-bond acceptors (Lipinski definition) is 3. The van der Waals surface area contributed by atoms with Gasteiger partial charge in [-0.15, -0.1) is 11.8 Å². The molecular formula is C14H16F3N2OS+. The van der Waals surface area contributed by atoms with E-state index in [1.54, 1.807) is 18.2 Å². The zero-order chi connectivity index (χ0) is 16.0. The van der Waals surface area contributed by atoms with E-state index in [1.165, 1.54) is 18.7 Å². The zero-order valence-electron chi connectivity index (χ0n) is 11.6. The predicted molar refractivity (Wildman–Crippen MR) is 77.9 cm³/mol. The number of hydrogen-bond donors (Lipinski definition) is 2. The average Bonchev–Trinajstić information content (AvgIpc) is 2.37. The Balaban J connectivity index is 3.00. The van der Waals surface area contributed by atoms with E-state index in [0.29, 0.717) is 11.3 Å². The standard InChI is InChI=1S/C14H15F3N2OS/c1-3-21-12-8-10(4-5-11(12)9(2)20)19-7-6-13(18)14(15,16)17/h4-8H,3,18H2,1-2H3/p+1. The molecule has 3 nitrogen and oxygen atoms in total. The van der Waals surface area contributed by atoms with Gasteiger partial charge in [-0.2, -0.15) is 13.2 Å². The summed E-state index contributed by atoms with van der Waals surface area (Å²) >= 11 is 1.49. The number of carbonyl (C=O) groups is 1. The Labute approximate surface area is 125 Å². The second kappa shape index (κ2) is 7.31. The third-order valence-electron chi connectivity index (χ3n) is 2.50. The number of benzene rings is 1. The molecule has 3 N–H and O–H groups in total. The summed E-state index contributed by atoms with van der Waals surface area (Å²) < 4.78 is 36.6. The number of alkyl halides is 3. The van der Waals surface area contributed by atoms with Gasteiger partial charge in [0.25, 0.3) is 0 Å². The molecule has 0 unspecified atom stereocenters. The van der Waals surface area contributed by atoms with Crippen LogP contribution in [0.5, 0.6) is 0 Å². The van der Waals surface area contributed by atoms with E-state index in [1.807, 2.05) is 6.92 Å². The van der Waals surface area contributed by atoms with Crippen LogP contribution < -0.4 is 10.7 Å². The van der Waals surface area contributed by atoms with E-state index in [0.717, 1.165) is 22.9 Å². The van der Waals surface area contributed by atoms with Gasteiger partial charge in [0.1, 0.15) is 5.70 Å². The molecule has 0 spiro atoms. The van der Waals surface area contributed by atoms with E-state index in [9.17, 15) is 18.0 Å². The quantitative estimate of drug-likeness (QED) is 0.497. The van der Waals surface area contributed by atoms with Crippen molar-refractivity contribution in [2.24, 2.45) is 5.73 Å². The number of halogens is 3. The molecule has 21 heavy (non-hydrogen) atoms. The van der Waals surface area contributed by atoms with Gasteiger partial charge < -0.3 is 5.73 Å². The van der Waals surface area contributed by atoms with Crippen molar-refractivity contribution in [3.05, 3.63) is 35.5 Å².